The van der Waals surface area contributed by atoms with Gasteiger partial charge in [-0.05, 0) is 35.0 Å². The molecule has 1 aliphatic rings. The number of hydrogen-bond acceptors (Lipinski definition) is 5. The largest absolute Gasteiger partial charge is 0.497 e. The molecule has 8 heteroatoms. The normalized spacial score (nSPS) is 16.2. The number of sulfonamides is 1. The number of imidazole rings is 1. The number of piperazine rings is 1. The molecule has 1 saturated heterocycles. The number of nitrogens with zero attached hydrogens (tertiary/aromatic N) is 3. The summed E-state index contributed by atoms with van der Waals surface area (Å²) in [5.41, 5.74) is 1.83. The number of aromatic amines is 1. The number of nitrogens with one attached hydrogen (secondary N) is 1. The number of benzene rings is 3. The Labute approximate surface area is 181 Å². The molecule has 4 aromatic rings. The van der Waals surface area contributed by atoms with Crippen molar-refractivity contribution in [2.45, 2.75) is 11.4 Å². The van der Waals surface area contributed by atoms with Crippen LogP contribution in [0.4, 0.5) is 0 Å². The molecule has 0 amide bonds. The fourth-order valence-electron chi connectivity index (χ4n) is 4.06. The van der Waals surface area contributed by atoms with Crippen LogP contribution in [0.5, 0.6) is 5.75 Å². The lowest BCUT2D eigenvalue weighted by molar-refractivity contribution is 0.178. The summed E-state index contributed by atoms with van der Waals surface area (Å²) in [6.45, 7) is 2.90. The molecule has 0 bridgehead atoms. The van der Waals surface area contributed by atoms with Crippen molar-refractivity contribution < 1.29 is 13.2 Å². The number of ether oxygens (including phenoxy) is 1. The zero-order valence-electron chi connectivity index (χ0n) is 17.3. The second-order valence-corrected chi connectivity index (χ2v) is 9.69. The first-order valence-corrected chi connectivity index (χ1v) is 11.7. The van der Waals surface area contributed by atoms with Crippen LogP contribution in [0.2, 0.25) is 0 Å². The maximum absolute atomic E-state index is 13.2. The van der Waals surface area contributed by atoms with Crippen LogP contribution >= 0.6 is 0 Å². The number of aromatic nitrogens is 2. The lowest BCUT2D eigenvalue weighted by Gasteiger charge is -2.33. The Bertz CT molecular complexity index is 1340. The third-order valence-electron chi connectivity index (χ3n) is 5.80. The first kappa shape index (κ1) is 20.0. The second-order valence-electron chi connectivity index (χ2n) is 7.76. The number of H-pyrrole nitrogens is 1. The van der Waals surface area contributed by atoms with Crippen LogP contribution < -0.4 is 4.74 Å². The fourth-order valence-corrected chi connectivity index (χ4v) is 5.52. The van der Waals surface area contributed by atoms with Crippen molar-refractivity contribution in [3.05, 3.63) is 66.5 Å². The highest BCUT2D eigenvalue weighted by Crippen LogP contribution is 2.24. The Hall–Kier alpha value is -2.94. The van der Waals surface area contributed by atoms with Gasteiger partial charge in [-0.3, -0.25) is 4.90 Å². The molecule has 1 aliphatic heterocycles. The van der Waals surface area contributed by atoms with E-state index in [1.807, 2.05) is 48.5 Å². The molecule has 5 rings (SSSR count). The summed E-state index contributed by atoms with van der Waals surface area (Å²) < 4.78 is 33.1. The van der Waals surface area contributed by atoms with Crippen LogP contribution in [-0.4, -0.2) is 60.9 Å². The molecular formula is C23H24N4O3S. The number of rotatable bonds is 5. The third-order valence-corrected chi connectivity index (χ3v) is 7.70. The summed E-state index contributed by atoms with van der Waals surface area (Å²) in [4.78, 5) is 10.6. The minimum Gasteiger partial charge on any atom is -0.497 e. The summed E-state index contributed by atoms with van der Waals surface area (Å²) in [7, 11) is -1.87. The molecule has 0 saturated carbocycles. The first-order chi connectivity index (χ1) is 15.0. The van der Waals surface area contributed by atoms with Crippen LogP contribution in [0.15, 0.2) is 65.6 Å². The zero-order valence-corrected chi connectivity index (χ0v) is 18.1. The summed E-state index contributed by atoms with van der Waals surface area (Å²) in [5.74, 6) is 1.66. The van der Waals surface area contributed by atoms with E-state index < -0.39 is 10.0 Å². The van der Waals surface area contributed by atoms with Gasteiger partial charge in [0.2, 0.25) is 10.0 Å². The Balaban J connectivity index is 1.27. The van der Waals surface area contributed by atoms with Gasteiger partial charge in [0.05, 0.1) is 29.6 Å². The van der Waals surface area contributed by atoms with Crippen molar-refractivity contribution in [1.29, 1.82) is 0 Å². The van der Waals surface area contributed by atoms with Crippen molar-refractivity contribution in [2.75, 3.05) is 33.3 Å². The van der Waals surface area contributed by atoms with Crippen LogP contribution in [0.1, 0.15) is 5.82 Å². The molecule has 2 heterocycles. The van der Waals surface area contributed by atoms with Gasteiger partial charge in [-0.25, -0.2) is 13.4 Å². The van der Waals surface area contributed by atoms with Crippen molar-refractivity contribution in [3.63, 3.8) is 0 Å². The van der Waals surface area contributed by atoms with Gasteiger partial charge >= 0.3 is 0 Å². The van der Waals surface area contributed by atoms with Crippen LogP contribution in [0.25, 0.3) is 21.8 Å². The highest BCUT2D eigenvalue weighted by Gasteiger charge is 2.29. The van der Waals surface area contributed by atoms with Crippen molar-refractivity contribution in [1.82, 2.24) is 19.2 Å². The molecule has 160 valence electrons. The van der Waals surface area contributed by atoms with E-state index in [-0.39, 0.29) is 0 Å². The highest BCUT2D eigenvalue weighted by molar-refractivity contribution is 7.89. The van der Waals surface area contributed by atoms with Gasteiger partial charge in [0.15, 0.2) is 0 Å². The fraction of sp³-hybridized carbons (Fsp3) is 0.261. The average molecular weight is 437 g/mol. The van der Waals surface area contributed by atoms with Crippen molar-refractivity contribution in [2.24, 2.45) is 0 Å². The van der Waals surface area contributed by atoms with E-state index in [1.54, 1.807) is 23.5 Å². The zero-order chi connectivity index (χ0) is 21.4. The molecule has 1 N–H and O–H groups in total. The standard InChI is InChI=1S/C23H24N4O3S/c1-30-19-7-9-21-22(15-19)25-23(24-21)16-26-10-12-27(13-11-26)31(28,29)20-8-6-17-4-2-3-5-18(17)14-20/h2-9,14-15H,10-13,16H2,1H3,(H,24,25). The highest BCUT2D eigenvalue weighted by atomic mass is 32.2. The summed E-state index contributed by atoms with van der Waals surface area (Å²) in [6, 6.07) is 18.9. The maximum atomic E-state index is 13.2. The van der Waals surface area contributed by atoms with Gasteiger partial charge in [0, 0.05) is 32.2 Å². The molecule has 3 aromatic carbocycles. The predicted octanol–water partition coefficient (Wildman–Crippen LogP) is 3.23. The van der Waals surface area contributed by atoms with E-state index in [9.17, 15) is 8.42 Å². The molecule has 0 aliphatic carbocycles. The van der Waals surface area contributed by atoms with Crippen molar-refractivity contribution >= 4 is 31.8 Å². The Morgan fingerprint density at radius 1 is 0.968 bits per heavy atom. The lowest BCUT2D eigenvalue weighted by atomic mass is 10.1. The minimum atomic E-state index is -3.51. The summed E-state index contributed by atoms with van der Waals surface area (Å²) in [6.07, 6.45) is 0. The van der Waals surface area contributed by atoms with Gasteiger partial charge in [-0.1, -0.05) is 30.3 Å². The Morgan fingerprint density at radius 3 is 2.52 bits per heavy atom. The average Bonchev–Trinajstić information content (AvgIpc) is 3.20. The van der Waals surface area contributed by atoms with E-state index >= 15 is 0 Å². The van der Waals surface area contributed by atoms with Crippen LogP contribution in [0.3, 0.4) is 0 Å². The number of fused-ring (bicyclic) bond motifs is 2. The minimum absolute atomic E-state index is 0.353. The number of methoxy groups -OCH3 is 1. The molecule has 1 aromatic heterocycles. The smallest absolute Gasteiger partial charge is 0.243 e. The van der Waals surface area contributed by atoms with E-state index in [1.165, 1.54) is 0 Å². The Morgan fingerprint density at radius 2 is 1.74 bits per heavy atom. The molecule has 0 unspecified atom stereocenters. The van der Waals surface area contributed by atoms with Gasteiger partial charge < -0.3 is 9.72 Å². The van der Waals surface area contributed by atoms with Crippen LogP contribution in [0, 0.1) is 0 Å². The molecule has 0 radical (unpaired) electrons. The summed E-state index contributed by atoms with van der Waals surface area (Å²) >= 11 is 0. The van der Waals surface area contributed by atoms with Crippen molar-refractivity contribution in [3.8, 4) is 5.75 Å². The van der Waals surface area contributed by atoms with E-state index in [0.717, 1.165) is 33.4 Å². The van der Waals surface area contributed by atoms with Crippen LogP contribution in [-0.2, 0) is 16.6 Å². The van der Waals surface area contributed by atoms with E-state index in [2.05, 4.69) is 14.9 Å². The monoisotopic (exact) mass is 436 g/mol. The predicted molar refractivity (Wildman–Crippen MR) is 121 cm³/mol. The van der Waals surface area contributed by atoms with E-state index in [0.29, 0.717) is 37.6 Å². The number of hydrogen-bond donors (Lipinski definition) is 1. The van der Waals surface area contributed by atoms with Gasteiger partial charge in [-0.15, -0.1) is 0 Å². The third kappa shape index (κ3) is 3.89. The SMILES string of the molecule is COc1ccc2nc(CN3CCN(S(=O)(=O)c4ccc5ccccc5c4)CC3)[nH]c2c1. The van der Waals surface area contributed by atoms with E-state index in [4.69, 9.17) is 4.74 Å². The molecule has 7 nitrogen and oxygen atoms in total. The Kier molecular flexibility index (Phi) is 5.13. The topological polar surface area (TPSA) is 78.5 Å². The quantitative estimate of drug-likeness (QED) is 0.520. The lowest BCUT2D eigenvalue weighted by Crippen LogP contribution is -2.48. The molecule has 1 fully saturated rings. The molecule has 31 heavy (non-hydrogen) atoms. The first-order valence-electron chi connectivity index (χ1n) is 10.3. The molecule has 0 spiro atoms. The van der Waals surface area contributed by atoms with Gasteiger partial charge in [-0.2, -0.15) is 4.31 Å². The second kappa shape index (κ2) is 7.96. The van der Waals surface area contributed by atoms with Gasteiger partial charge in [0.25, 0.3) is 0 Å². The maximum Gasteiger partial charge on any atom is 0.243 e. The molecular weight excluding hydrogens is 412 g/mol. The summed E-state index contributed by atoms with van der Waals surface area (Å²) in [5, 5.41) is 1.97. The van der Waals surface area contributed by atoms with Gasteiger partial charge in [0.1, 0.15) is 11.6 Å². The molecule has 0 atom stereocenters.